The lowest BCUT2D eigenvalue weighted by molar-refractivity contribution is -0.136. The summed E-state index contributed by atoms with van der Waals surface area (Å²) in [6, 6.07) is 3.31. The normalized spacial score (nSPS) is 21.4. The third-order valence-electron chi connectivity index (χ3n) is 3.58. The third-order valence-corrected chi connectivity index (χ3v) is 3.58. The van der Waals surface area contributed by atoms with Crippen molar-refractivity contribution in [3.05, 3.63) is 18.3 Å². The Kier molecular flexibility index (Phi) is 5.10. The van der Waals surface area contributed by atoms with Crippen LogP contribution in [0.1, 0.15) is 32.6 Å². The SMILES string of the molecule is C[C@H]1CC[C@@H](Oc2ccc(NC(=O)C(=O)NN)cn2)CC1. The standard InChI is InChI=1S/C14H20N4O3/c1-9-2-5-11(6-3-9)21-12-7-4-10(8-16-12)17-13(19)14(20)18-15/h4,7-9,11H,2-3,5-6,15H2,1H3,(H,17,19)(H,18,20)/t9-,11+. The number of nitrogens with two attached hydrogens (primary N) is 1. The van der Waals surface area contributed by atoms with Gasteiger partial charge in [0.2, 0.25) is 5.88 Å². The number of rotatable bonds is 3. The second-order valence-corrected chi connectivity index (χ2v) is 5.31. The first kappa shape index (κ1) is 15.2. The maximum absolute atomic E-state index is 11.3. The molecule has 1 saturated carbocycles. The van der Waals surface area contributed by atoms with E-state index >= 15 is 0 Å². The van der Waals surface area contributed by atoms with Crippen LogP contribution in [0.3, 0.4) is 0 Å². The molecule has 2 rings (SSSR count). The Morgan fingerprint density at radius 1 is 1.24 bits per heavy atom. The van der Waals surface area contributed by atoms with Crippen molar-refractivity contribution < 1.29 is 14.3 Å². The fourth-order valence-electron chi connectivity index (χ4n) is 2.30. The molecular weight excluding hydrogens is 272 g/mol. The van der Waals surface area contributed by atoms with Gasteiger partial charge in [0.25, 0.3) is 0 Å². The highest BCUT2D eigenvalue weighted by Gasteiger charge is 2.20. The zero-order valence-electron chi connectivity index (χ0n) is 12.0. The minimum Gasteiger partial charge on any atom is -0.474 e. The highest BCUT2D eigenvalue weighted by Crippen LogP contribution is 2.26. The Bertz CT molecular complexity index is 495. The summed E-state index contributed by atoms with van der Waals surface area (Å²) >= 11 is 0. The van der Waals surface area contributed by atoms with Gasteiger partial charge in [0.1, 0.15) is 6.10 Å². The number of hydrogen-bond acceptors (Lipinski definition) is 5. The van der Waals surface area contributed by atoms with Crippen LogP contribution in [0.5, 0.6) is 5.88 Å². The molecule has 1 heterocycles. The Hall–Kier alpha value is -2.15. The first-order chi connectivity index (χ1) is 10.1. The smallest absolute Gasteiger partial charge is 0.323 e. The lowest BCUT2D eigenvalue weighted by atomic mass is 9.89. The van der Waals surface area contributed by atoms with E-state index in [-0.39, 0.29) is 6.10 Å². The van der Waals surface area contributed by atoms with Gasteiger partial charge in [0, 0.05) is 6.07 Å². The summed E-state index contributed by atoms with van der Waals surface area (Å²) in [5, 5.41) is 2.38. The summed E-state index contributed by atoms with van der Waals surface area (Å²) < 4.78 is 5.81. The number of pyridine rings is 1. The Morgan fingerprint density at radius 2 is 1.95 bits per heavy atom. The molecule has 21 heavy (non-hydrogen) atoms. The highest BCUT2D eigenvalue weighted by molar-refractivity contribution is 6.39. The first-order valence-electron chi connectivity index (χ1n) is 7.03. The Balaban J connectivity index is 1.87. The Morgan fingerprint density at radius 3 is 2.52 bits per heavy atom. The Labute approximate surface area is 123 Å². The molecule has 1 aliphatic rings. The van der Waals surface area contributed by atoms with Crippen LogP contribution in [-0.4, -0.2) is 22.9 Å². The molecule has 1 aliphatic carbocycles. The van der Waals surface area contributed by atoms with Crippen molar-refractivity contribution in [2.75, 3.05) is 5.32 Å². The quantitative estimate of drug-likeness (QED) is 0.333. The van der Waals surface area contributed by atoms with E-state index < -0.39 is 11.8 Å². The molecule has 0 aliphatic heterocycles. The van der Waals surface area contributed by atoms with Crippen LogP contribution < -0.4 is 21.3 Å². The number of nitrogens with one attached hydrogen (secondary N) is 2. The van der Waals surface area contributed by atoms with Gasteiger partial charge in [-0.3, -0.25) is 15.0 Å². The molecule has 0 unspecified atom stereocenters. The maximum Gasteiger partial charge on any atom is 0.323 e. The van der Waals surface area contributed by atoms with E-state index in [9.17, 15) is 9.59 Å². The molecule has 7 nitrogen and oxygen atoms in total. The molecule has 7 heteroatoms. The average molecular weight is 292 g/mol. The van der Waals surface area contributed by atoms with Crippen molar-refractivity contribution in [1.29, 1.82) is 0 Å². The van der Waals surface area contributed by atoms with Gasteiger partial charge in [0.05, 0.1) is 11.9 Å². The second kappa shape index (κ2) is 7.03. The van der Waals surface area contributed by atoms with Crippen molar-refractivity contribution in [2.45, 2.75) is 38.7 Å². The number of hydrazine groups is 1. The number of amides is 2. The van der Waals surface area contributed by atoms with Crippen LogP contribution in [0.2, 0.25) is 0 Å². The summed E-state index contributed by atoms with van der Waals surface area (Å²) in [6.07, 6.45) is 6.08. The average Bonchev–Trinajstić information content (AvgIpc) is 2.50. The minimum absolute atomic E-state index is 0.206. The molecular formula is C14H20N4O3. The van der Waals surface area contributed by atoms with Gasteiger partial charge in [-0.25, -0.2) is 10.8 Å². The van der Waals surface area contributed by atoms with E-state index in [1.54, 1.807) is 17.6 Å². The predicted molar refractivity (Wildman–Crippen MR) is 77.2 cm³/mol. The van der Waals surface area contributed by atoms with Crippen LogP contribution in [0.25, 0.3) is 0 Å². The molecule has 1 aromatic rings. The van der Waals surface area contributed by atoms with Gasteiger partial charge in [0.15, 0.2) is 0 Å². The first-order valence-corrected chi connectivity index (χ1v) is 7.03. The zero-order chi connectivity index (χ0) is 15.2. The number of aromatic nitrogens is 1. The molecule has 0 aromatic carbocycles. The van der Waals surface area contributed by atoms with E-state index in [4.69, 9.17) is 10.6 Å². The van der Waals surface area contributed by atoms with Crippen LogP contribution in [0, 0.1) is 5.92 Å². The van der Waals surface area contributed by atoms with Crippen molar-refractivity contribution >= 4 is 17.5 Å². The van der Waals surface area contributed by atoms with Crippen LogP contribution in [0.15, 0.2) is 18.3 Å². The summed E-state index contributed by atoms with van der Waals surface area (Å²) in [4.78, 5) is 26.4. The van der Waals surface area contributed by atoms with Crippen molar-refractivity contribution in [1.82, 2.24) is 10.4 Å². The zero-order valence-corrected chi connectivity index (χ0v) is 12.0. The molecule has 2 amide bonds. The molecule has 114 valence electrons. The molecule has 0 saturated heterocycles. The lowest BCUT2D eigenvalue weighted by Gasteiger charge is -2.26. The van der Waals surface area contributed by atoms with E-state index in [2.05, 4.69) is 17.2 Å². The number of nitrogens with zero attached hydrogens (tertiary/aromatic N) is 1. The van der Waals surface area contributed by atoms with E-state index in [0.29, 0.717) is 11.6 Å². The topological polar surface area (TPSA) is 106 Å². The molecule has 0 atom stereocenters. The number of hydrogen-bond donors (Lipinski definition) is 3. The van der Waals surface area contributed by atoms with E-state index in [0.717, 1.165) is 18.8 Å². The monoisotopic (exact) mass is 292 g/mol. The van der Waals surface area contributed by atoms with Gasteiger partial charge in [-0.1, -0.05) is 6.92 Å². The van der Waals surface area contributed by atoms with E-state index in [1.165, 1.54) is 19.0 Å². The number of carbonyl (C=O) groups is 2. The van der Waals surface area contributed by atoms with Gasteiger partial charge in [-0.15, -0.1) is 0 Å². The van der Waals surface area contributed by atoms with Gasteiger partial charge in [-0.2, -0.15) is 0 Å². The lowest BCUT2D eigenvalue weighted by Crippen LogP contribution is -2.39. The van der Waals surface area contributed by atoms with E-state index in [1.807, 2.05) is 0 Å². The highest BCUT2D eigenvalue weighted by atomic mass is 16.5. The third kappa shape index (κ3) is 4.42. The number of anilines is 1. The fraction of sp³-hybridized carbons (Fsp3) is 0.500. The molecule has 4 N–H and O–H groups in total. The van der Waals surface area contributed by atoms with Crippen LogP contribution in [-0.2, 0) is 9.59 Å². The molecule has 1 fully saturated rings. The molecule has 0 bridgehead atoms. The van der Waals surface area contributed by atoms with Crippen molar-refractivity contribution in [3.63, 3.8) is 0 Å². The van der Waals surface area contributed by atoms with Gasteiger partial charge < -0.3 is 10.1 Å². The van der Waals surface area contributed by atoms with Crippen molar-refractivity contribution in [3.8, 4) is 5.88 Å². The molecule has 0 spiro atoms. The van der Waals surface area contributed by atoms with Gasteiger partial charge >= 0.3 is 11.8 Å². The number of ether oxygens (including phenoxy) is 1. The summed E-state index contributed by atoms with van der Waals surface area (Å²) in [7, 11) is 0. The minimum atomic E-state index is -0.911. The van der Waals surface area contributed by atoms with Crippen LogP contribution >= 0.6 is 0 Å². The number of carbonyl (C=O) groups excluding carboxylic acids is 2. The largest absolute Gasteiger partial charge is 0.474 e. The predicted octanol–water partition coefficient (Wildman–Crippen LogP) is 0.967. The molecule has 0 radical (unpaired) electrons. The van der Waals surface area contributed by atoms with Crippen molar-refractivity contribution in [2.24, 2.45) is 11.8 Å². The molecule has 1 aromatic heterocycles. The second-order valence-electron chi connectivity index (χ2n) is 5.31. The summed E-state index contributed by atoms with van der Waals surface area (Å²) in [5.41, 5.74) is 2.17. The summed E-state index contributed by atoms with van der Waals surface area (Å²) in [6.45, 7) is 2.25. The summed E-state index contributed by atoms with van der Waals surface area (Å²) in [5.74, 6) is 4.41. The van der Waals surface area contributed by atoms with Crippen LogP contribution in [0.4, 0.5) is 5.69 Å². The van der Waals surface area contributed by atoms with Gasteiger partial charge in [-0.05, 0) is 37.7 Å². The fourth-order valence-corrected chi connectivity index (χ4v) is 2.30. The maximum atomic E-state index is 11.3.